The third-order valence-electron chi connectivity index (χ3n) is 3.81. The third kappa shape index (κ3) is 2.61. The van der Waals surface area contributed by atoms with Gasteiger partial charge in [-0.2, -0.15) is 0 Å². The summed E-state index contributed by atoms with van der Waals surface area (Å²) in [5.74, 6) is 0.708. The van der Waals surface area contributed by atoms with Gasteiger partial charge in [0.05, 0.1) is 29.6 Å². The molecule has 2 N–H and O–H groups in total. The first-order chi connectivity index (χ1) is 8.79. The molecule has 0 atom stereocenters. The molecule has 0 radical (unpaired) electrons. The number of nitrogens with zero attached hydrogens (tertiary/aromatic N) is 1. The van der Waals surface area contributed by atoms with Gasteiger partial charge in [0, 0.05) is 12.6 Å². The molecule has 0 spiro atoms. The maximum absolute atomic E-state index is 5.97. The zero-order valence-electron chi connectivity index (χ0n) is 12.2. The predicted molar refractivity (Wildman–Crippen MR) is 74.4 cm³/mol. The monoisotopic (exact) mass is 264 g/mol. The SMILES string of the molecule is COc1cc(CN)nc(B2OC(C)(C)C(C)(C)O2)c1. The normalized spacial score (nSPS) is 20.6. The van der Waals surface area contributed by atoms with Crippen molar-refractivity contribution in [2.24, 2.45) is 5.73 Å². The summed E-state index contributed by atoms with van der Waals surface area (Å²) in [6, 6.07) is 3.63. The van der Waals surface area contributed by atoms with Crippen molar-refractivity contribution in [1.82, 2.24) is 4.98 Å². The molecule has 0 unspecified atom stereocenters. The molecule has 0 bridgehead atoms. The summed E-state index contributed by atoms with van der Waals surface area (Å²) >= 11 is 0. The number of hydrogen-bond acceptors (Lipinski definition) is 5. The van der Waals surface area contributed by atoms with Gasteiger partial charge < -0.3 is 19.8 Å². The summed E-state index contributed by atoms with van der Waals surface area (Å²) in [6.45, 7) is 8.39. The fourth-order valence-corrected chi connectivity index (χ4v) is 1.89. The lowest BCUT2D eigenvalue weighted by Crippen LogP contribution is -2.41. The van der Waals surface area contributed by atoms with Crippen LogP contribution in [0, 0.1) is 0 Å². The maximum atomic E-state index is 5.97. The van der Waals surface area contributed by atoms with Gasteiger partial charge in [-0.05, 0) is 33.8 Å². The fraction of sp³-hybridized carbons (Fsp3) is 0.615. The zero-order valence-corrected chi connectivity index (χ0v) is 12.2. The van der Waals surface area contributed by atoms with E-state index in [-0.39, 0.29) is 11.2 Å². The summed E-state index contributed by atoms with van der Waals surface area (Å²) in [5, 5.41) is 0. The van der Waals surface area contributed by atoms with Crippen LogP contribution in [-0.4, -0.2) is 30.4 Å². The topological polar surface area (TPSA) is 66.6 Å². The summed E-state index contributed by atoms with van der Waals surface area (Å²) < 4.78 is 17.2. The van der Waals surface area contributed by atoms with Crippen molar-refractivity contribution in [3.8, 4) is 5.75 Å². The second kappa shape index (κ2) is 4.78. The van der Waals surface area contributed by atoms with Crippen molar-refractivity contribution >= 4 is 12.7 Å². The number of nitrogens with two attached hydrogens (primary N) is 1. The average molecular weight is 264 g/mol. The highest BCUT2D eigenvalue weighted by molar-refractivity contribution is 6.61. The predicted octanol–water partition coefficient (Wildman–Crippen LogP) is 0.848. The van der Waals surface area contributed by atoms with E-state index in [0.29, 0.717) is 17.9 Å². The number of aromatic nitrogens is 1. The van der Waals surface area contributed by atoms with Gasteiger partial charge in [-0.1, -0.05) is 0 Å². The molecular weight excluding hydrogens is 243 g/mol. The number of rotatable bonds is 3. The molecule has 2 rings (SSSR count). The van der Waals surface area contributed by atoms with Crippen LogP contribution in [0.25, 0.3) is 0 Å². The third-order valence-corrected chi connectivity index (χ3v) is 3.81. The fourth-order valence-electron chi connectivity index (χ4n) is 1.89. The molecule has 104 valence electrons. The van der Waals surface area contributed by atoms with Crippen LogP contribution >= 0.6 is 0 Å². The first-order valence-electron chi connectivity index (χ1n) is 6.39. The Morgan fingerprint density at radius 2 is 1.79 bits per heavy atom. The smallest absolute Gasteiger partial charge is 0.497 e. The standard InChI is InChI=1S/C13H21BN2O3/c1-12(2)13(3,4)19-14(18-12)11-7-10(17-5)6-9(8-15)16-11/h6-7H,8,15H2,1-5H3. The summed E-state index contributed by atoms with van der Waals surface area (Å²) in [6.07, 6.45) is 0. The maximum Gasteiger partial charge on any atom is 0.514 e. The summed E-state index contributed by atoms with van der Waals surface area (Å²) in [5.41, 5.74) is 6.33. The van der Waals surface area contributed by atoms with Crippen molar-refractivity contribution < 1.29 is 14.0 Å². The zero-order chi connectivity index (χ0) is 14.3. The second-order valence-electron chi connectivity index (χ2n) is 5.72. The Morgan fingerprint density at radius 3 is 2.26 bits per heavy atom. The van der Waals surface area contributed by atoms with E-state index in [0.717, 1.165) is 5.69 Å². The van der Waals surface area contributed by atoms with Crippen LogP contribution in [0.15, 0.2) is 12.1 Å². The van der Waals surface area contributed by atoms with Crippen molar-refractivity contribution in [2.45, 2.75) is 45.4 Å². The molecule has 0 aromatic carbocycles. The Kier molecular flexibility index (Phi) is 3.60. The Bertz CT molecular complexity index is 439. The van der Waals surface area contributed by atoms with Crippen LogP contribution in [0.2, 0.25) is 0 Å². The molecule has 1 aromatic heterocycles. The van der Waals surface area contributed by atoms with Crippen LogP contribution in [0.5, 0.6) is 5.75 Å². The van der Waals surface area contributed by atoms with Gasteiger partial charge in [0.2, 0.25) is 0 Å². The molecule has 5 nitrogen and oxygen atoms in total. The van der Waals surface area contributed by atoms with Crippen molar-refractivity contribution in [3.05, 3.63) is 17.8 Å². The van der Waals surface area contributed by atoms with Crippen LogP contribution in [0.1, 0.15) is 33.4 Å². The van der Waals surface area contributed by atoms with Crippen molar-refractivity contribution in [2.75, 3.05) is 7.11 Å². The molecule has 1 fully saturated rings. The highest BCUT2D eigenvalue weighted by atomic mass is 16.7. The lowest BCUT2D eigenvalue weighted by molar-refractivity contribution is 0.00578. The quantitative estimate of drug-likeness (QED) is 0.820. The lowest BCUT2D eigenvalue weighted by Gasteiger charge is -2.32. The first kappa shape index (κ1) is 14.3. The minimum absolute atomic E-state index is 0.351. The highest BCUT2D eigenvalue weighted by Gasteiger charge is 2.52. The summed E-state index contributed by atoms with van der Waals surface area (Å²) in [4.78, 5) is 4.46. The molecular formula is C13H21BN2O3. The van der Waals surface area contributed by atoms with E-state index in [1.165, 1.54) is 0 Å². The lowest BCUT2D eigenvalue weighted by atomic mass is 9.84. The Labute approximate surface area is 114 Å². The number of pyridine rings is 1. The van der Waals surface area contributed by atoms with Crippen LogP contribution in [-0.2, 0) is 15.9 Å². The van der Waals surface area contributed by atoms with Gasteiger partial charge in [0.25, 0.3) is 0 Å². The van der Waals surface area contributed by atoms with Crippen LogP contribution in [0.3, 0.4) is 0 Å². The van der Waals surface area contributed by atoms with Gasteiger partial charge in [0.1, 0.15) is 5.75 Å². The number of ether oxygens (including phenoxy) is 1. The van der Waals surface area contributed by atoms with Gasteiger partial charge >= 0.3 is 7.12 Å². The Hall–Kier alpha value is -1.11. The van der Waals surface area contributed by atoms with Crippen molar-refractivity contribution in [3.63, 3.8) is 0 Å². The number of hydrogen-bond donors (Lipinski definition) is 1. The van der Waals surface area contributed by atoms with Gasteiger partial charge in [-0.3, -0.25) is 4.98 Å². The highest BCUT2D eigenvalue weighted by Crippen LogP contribution is 2.36. The van der Waals surface area contributed by atoms with Gasteiger partial charge in [-0.25, -0.2) is 0 Å². The molecule has 1 aliphatic rings. The van der Waals surface area contributed by atoms with E-state index in [1.807, 2.05) is 39.8 Å². The van der Waals surface area contributed by atoms with E-state index in [2.05, 4.69) is 4.98 Å². The molecule has 19 heavy (non-hydrogen) atoms. The van der Waals surface area contributed by atoms with Gasteiger partial charge in [0.15, 0.2) is 0 Å². The Morgan fingerprint density at radius 1 is 1.21 bits per heavy atom. The minimum Gasteiger partial charge on any atom is -0.497 e. The van der Waals surface area contributed by atoms with E-state index in [9.17, 15) is 0 Å². The van der Waals surface area contributed by atoms with E-state index < -0.39 is 7.12 Å². The number of methoxy groups -OCH3 is 1. The largest absolute Gasteiger partial charge is 0.514 e. The molecule has 0 saturated carbocycles. The average Bonchev–Trinajstić information content (AvgIpc) is 2.58. The summed E-state index contributed by atoms with van der Waals surface area (Å²) in [7, 11) is 1.12. The molecule has 0 aliphatic carbocycles. The molecule has 1 saturated heterocycles. The molecule has 1 aromatic rings. The van der Waals surface area contributed by atoms with Crippen LogP contribution in [0.4, 0.5) is 0 Å². The molecule has 1 aliphatic heterocycles. The Balaban J connectivity index is 2.33. The van der Waals surface area contributed by atoms with Gasteiger partial charge in [-0.15, -0.1) is 0 Å². The molecule has 2 heterocycles. The van der Waals surface area contributed by atoms with Crippen LogP contribution < -0.4 is 16.1 Å². The van der Waals surface area contributed by atoms with E-state index >= 15 is 0 Å². The second-order valence-corrected chi connectivity index (χ2v) is 5.72. The van der Waals surface area contributed by atoms with E-state index in [4.69, 9.17) is 19.8 Å². The molecule has 6 heteroatoms. The van der Waals surface area contributed by atoms with Crippen molar-refractivity contribution in [1.29, 1.82) is 0 Å². The first-order valence-corrected chi connectivity index (χ1v) is 6.39. The van der Waals surface area contributed by atoms with E-state index in [1.54, 1.807) is 7.11 Å². The minimum atomic E-state index is -0.495. The molecule has 0 amide bonds.